The second kappa shape index (κ2) is 5.29. The lowest BCUT2D eigenvalue weighted by Crippen LogP contribution is -2.36. The van der Waals surface area contributed by atoms with Crippen molar-refractivity contribution in [1.29, 1.82) is 0 Å². The zero-order valence-corrected chi connectivity index (χ0v) is 8.85. The number of hydrogen-bond donors (Lipinski definition) is 0. The van der Waals surface area contributed by atoms with Gasteiger partial charge >= 0.3 is 30.7 Å². The predicted octanol–water partition coefficient (Wildman–Crippen LogP) is 4.03. The number of halogens is 12. The third-order valence-corrected chi connectivity index (χ3v) is 1.48. The van der Waals surface area contributed by atoms with Gasteiger partial charge < -0.3 is 4.74 Å². The Hall–Kier alpha value is -1.63. The van der Waals surface area contributed by atoms with Crippen LogP contribution in [0.4, 0.5) is 52.7 Å². The number of ether oxygens (including phenoxy) is 1. The highest BCUT2D eigenvalue weighted by Gasteiger charge is 2.60. The van der Waals surface area contributed by atoms with E-state index in [0.29, 0.717) is 0 Å². The third-order valence-electron chi connectivity index (χ3n) is 1.48. The average molecular weight is 344 g/mol. The highest BCUT2D eigenvalue weighted by molar-refractivity contribution is 5.77. The molecule has 0 amide bonds. The molecule has 0 spiro atoms. The van der Waals surface area contributed by atoms with Crippen molar-refractivity contribution in [2.75, 3.05) is 0 Å². The summed E-state index contributed by atoms with van der Waals surface area (Å²) in [6.45, 7) is 0. The maximum Gasteiger partial charge on any atom is 0.491 e. The summed E-state index contributed by atoms with van der Waals surface area (Å²) in [5.74, 6) is -8.04. The van der Waals surface area contributed by atoms with E-state index in [0.717, 1.165) is 0 Å². The first-order valence-corrected chi connectivity index (χ1v) is 4.13. The Morgan fingerprint density at radius 2 is 0.905 bits per heavy atom. The molecule has 0 aromatic carbocycles. The van der Waals surface area contributed by atoms with Gasteiger partial charge in [0.2, 0.25) is 5.76 Å². The van der Waals surface area contributed by atoms with Gasteiger partial charge in [0.05, 0.1) is 0 Å². The van der Waals surface area contributed by atoms with Crippen LogP contribution in [0, 0.1) is 0 Å². The Labute approximate surface area is 106 Å². The normalized spacial score (nSPS) is 13.9. The molecule has 0 atom stereocenters. The van der Waals surface area contributed by atoms with Crippen LogP contribution in [0.5, 0.6) is 0 Å². The van der Waals surface area contributed by atoms with E-state index in [2.05, 4.69) is 4.74 Å². The van der Waals surface area contributed by atoms with Gasteiger partial charge in [-0.3, -0.25) is 0 Å². The van der Waals surface area contributed by atoms with Crippen LogP contribution in [-0.4, -0.2) is 30.7 Å². The van der Waals surface area contributed by atoms with Gasteiger partial charge in [-0.25, -0.2) is 4.79 Å². The fourth-order valence-corrected chi connectivity index (χ4v) is 0.819. The summed E-state index contributed by atoms with van der Waals surface area (Å²) >= 11 is 0. The van der Waals surface area contributed by atoms with E-state index in [1.165, 1.54) is 0 Å². The van der Waals surface area contributed by atoms with Crippen molar-refractivity contribution in [1.82, 2.24) is 0 Å². The number of alkyl halides is 12. The summed E-state index contributed by atoms with van der Waals surface area (Å²) in [7, 11) is 0. The molecule has 0 unspecified atom stereocenters. The van der Waals surface area contributed by atoms with Crippen molar-refractivity contribution in [3.8, 4) is 0 Å². The topological polar surface area (TPSA) is 26.3 Å². The first-order valence-electron chi connectivity index (χ1n) is 4.13. The van der Waals surface area contributed by atoms with Crippen molar-refractivity contribution < 1.29 is 62.2 Å². The summed E-state index contributed by atoms with van der Waals surface area (Å²) in [4.78, 5) is 10.1. The lowest BCUT2D eigenvalue weighted by atomic mass is 10.2. The van der Waals surface area contributed by atoms with Crippen LogP contribution in [0.2, 0.25) is 0 Å². The van der Waals surface area contributed by atoms with Gasteiger partial charge in [0, 0.05) is 0 Å². The third kappa shape index (κ3) is 5.34. The second-order valence-corrected chi connectivity index (χ2v) is 3.08. The summed E-state index contributed by atoms with van der Waals surface area (Å²) in [6, 6.07) is 0. The van der Waals surface area contributed by atoms with Crippen LogP contribution in [0.1, 0.15) is 0 Å². The second-order valence-electron chi connectivity index (χ2n) is 3.08. The maximum atomic E-state index is 12.1. The van der Waals surface area contributed by atoms with Gasteiger partial charge in [0.1, 0.15) is 0 Å². The van der Waals surface area contributed by atoms with E-state index in [9.17, 15) is 57.5 Å². The average Bonchev–Trinajstić information content (AvgIpc) is 2.08. The molecule has 0 aromatic rings. The predicted molar refractivity (Wildman–Crippen MR) is 37.3 cm³/mol. The Morgan fingerprint density at radius 3 is 1.10 bits per heavy atom. The molecule has 0 heterocycles. The molecular formula is C7F12O2. The molecule has 0 rings (SSSR count). The first-order chi connectivity index (χ1) is 8.88. The lowest BCUT2D eigenvalue weighted by molar-refractivity contribution is -0.216. The lowest BCUT2D eigenvalue weighted by Gasteiger charge is -2.21. The summed E-state index contributed by atoms with van der Waals surface area (Å²) in [5.41, 5.74) is -4.42. The molecule has 0 aliphatic heterocycles. The number of carbonyl (C=O) groups excluding carboxylic acids is 1. The zero-order chi connectivity index (χ0) is 17.4. The van der Waals surface area contributed by atoms with Crippen LogP contribution in [0.3, 0.4) is 0 Å². The van der Waals surface area contributed by atoms with Crippen molar-refractivity contribution in [2.45, 2.75) is 24.7 Å². The molecular weight excluding hydrogens is 344 g/mol. The number of hydrogen-bond acceptors (Lipinski definition) is 2. The molecule has 0 N–H and O–H groups in total. The van der Waals surface area contributed by atoms with E-state index in [1.807, 2.05) is 0 Å². The molecule has 0 bridgehead atoms. The van der Waals surface area contributed by atoms with E-state index < -0.39 is 42.0 Å². The Morgan fingerprint density at radius 1 is 0.571 bits per heavy atom. The van der Waals surface area contributed by atoms with E-state index in [-0.39, 0.29) is 0 Å². The van der Waals surface area contributed by atoms with E-state index >= 15 is 0 Å². The molecule has 0 radical (unpaired) electrons. The molecule has 124 valence electrons. The van der Waals surface area contributed by atoms with Crippen molar-refractivity contribution >= 4 is 5.97 Å². The first kappa shape index (κ1) is 19.4. The molecule has 0 aliphatic carbocycles. The molecule has 0 saturated carbocycles. The van der Waals surface area contributed by atoms with Crippen molar-refractivity contribution in [2.24, 2.45) is 0 Å². The van der Waals surface area contributed by atoms with Crippen LogP contribution in [0.25, 0.3) is 0 Å². The van der Waals surface area contributed by atoms with Gasteiger partial charge in [0.25, 0.3) is 0 Å². The summed E-state index contributed by atoms with van der Waals surface area (Å²) in [6.07, 6.45) is -26.4. The van der Waals surface area contributed by atoms with Gasteiger partial charge in [-0.2, -0.15) is 52.7 Å². The highest BCUT2D eigenvalue weighted by atomic mass is 19.4. The highest BCUT2D eigenvalue weighted by Crippen LogP contribution is 2.45. The van der Waals surface area contributed by atoms with Crippen molar-refractivity contribution in [3.63, 3.8) is 0 Å². The standard InChI is InChI=1S/C7F12O2/c8-4(9,10)1(5(11,12)13)2(6(14,15)16)21-3(20)7(17,18)19. The van der Waals surface area contributed by atoms with Gasteiger partial charge in [-0.15, -0.1) is 0 Å². The molecule has 0 aliphatic rings. The van der Waals surface area contributed by atoms with Crippen LogP contribution in [0.15, 0.2) is 11.3 Å². The molecule has 21 heavy (non-hydrogen) atoms. The minimum atomic E-state index is -6.77. The largest absolute Gasteiger partial charge is 0.491 e. The maximum absolute atomic E-state index is 12.1. The zero-order valence-electron chi connectivity index (χ0n) is 8.85. The Kier molecular flexibility index (Phi) is 4.88. The summed E-state index contributed by atoms with van der Waals surface area (Å²) < 4.78 is 145. The smallest absolute Gasteiger partial charge is 0.414 e. The van der Waals surface area contributed by atoms with Gasteiger partial charge in [-0.1, -0.05) is 0 Å². The molecule has 0 saturated heterocycles. The fraction of sp³-hybridized carbons (Fsp3) is 0.571. The van der Waals surface area contributed by atoms with Gasteiger partial charge in [-0.05, 0) is 0 Å². The number of esters is 1. The number of rotatable bonds is 1. The molecule has 2 nitrogen and oxygen atoms in total. The summed E-state index contributed by atoms with van der Waals surface area (Å²) in [5, 5.41) is 0. The fourth-order valence-electron chi connectivity index (χ4n) is 0.819. The SMILES string of the molecule is O=C(OC(=C(C(F)(F)F)C(F)(F)F)C(F)(F)F)C(F)(F)F. The quantitative estimate of drug-likeness (QED) is 0.408. The minimum absolute atomic E-state index is 2.25. The monoisotopic (exact) mass is 344 g/mol. The minimum Gasteiger partial charge on any atom is -0.414 e. The number of allylic oxidation sites excluding steroid dienone is 2. The molecule has 0 fully saturated rings. The Bertz CT molecular complexity index is 414. The van der Waals surface area contributed by atoms with Gasteiger partial charge in [0.15, 0.2) is 5.57 Å². The van der Waals surface area contributed by atoms with Crippen LogP contribution < -0.4 is 0 Å². The van der Waals surface area contributed by atoms with Crippen LogP contribution >= 0.6 is 0 Å². The van der Waals surface area contributed by atoms with Crippen LogP contribution in [-0.2, 0) is 9.53 Å². The van der Waals surface area contributed by atoms with Crippen molar-refractivity contribution in [3.05, 3.63) is 11.3 Å². The molecule has 0 aromatic heterocycles. The van der Waals surface area contributed by atoms with E-state index in [4.69, 9.17) is 0 Å². The Balaban J connectivity index is 6.23. The number of carbonyl (C=O) groups is 1. The molecule has 14 heteroatoms. The van der Waals surface area contributed by atoms with E-state index in [1.54, 1.807) is 0 Å².